The molecular weight excluding hydrogens is 370 g/mol. The summed E-state index contributed by atoms with van der Waals surface area (Å²) in [5, 5.41) is 0. The van der Waals surface area contributed by atoms with Gasteiger partial charge in [-0.15, -0.1) is 0 Å². The molecule has 0 amide bonds. The molecule has 2 aromatic rings. The van der Waals surface area contributed by atoms with Crippen LogP contribution >= 0.6 is 0 Å². The van der Waals surface area contributed by atoms with Gasteiger partial charge in [0, 0.05) is 0 Å². The number of esters is 1. The Balaban J connectivity index is 1.94. The maximum absolute atomic E-state index is 12.4. The molecule has 0 saturated carbocycles. The van der Waals surface area contributed by atoms with Crippen LogP contribution in [0.5, 0.6) is 5.75 Å². The third-order valence-corrected chi connectivity index (χ3v) is 5.35. The van der Waals surface area contributed by atoms with E-state index in [1.54, 1.807) is 50.2 Å². The molecule has 7 nitrogen and oxygen atoms in total. The molecule has 2 rings (SSSR count). The van der Waals surface area contributed by atoms with Crippen molar-refractivity contribution in [3.8, 4) is 5.75 Å². The Morgan fingerprint density at radius 1 is 1.07 bits per heavy atom. The summed E-state index contributed by atoms with van der Waals surface area (Å²) in [6.45, 7) is 2.35. The molecule has 1 N–H and O–H groups in total. The minimum Gasteiger partial charge on any atom is -0.496 e. The Kier molecular flexibility index (Phi) is 6.70. The highest BCUT2D eigenvalue weighted by atomic mass is 32.2. The van der Waals surface area contributed by atoms with Crippen molar-refractivity contribution < 1.29 is 27.5 Å². The SMILES string of the molecule is COc1ccccc1C(=O)COC(=O)CNS(=O)(=O)c1cc(C)ccc1C. The summed E-state index contributed by atoms with van der Waals surface area (Å²) in [5.74, 6) is -0.931. The van der Waals surface area contributed by atoms with E-state index in [0.717, 1.165) is 5.56 Å². The van der Waals surface area contributed by atoms with Gasteiger partial charge in [-0.3, -0.25) is 9.59 Å². The Bertz CT molecular complexity index is 952. The average molecular weight is 391 g/mol. The molecule has 0 atom stereocenters. The average Bonchev–Trinajstić information content (AvgIpc) is 2.66. The van der Waals surface area contributed by atoms with Gasteiger partial charge in [0.2, 0.25) is 15.8 Å². The van der Waals surface area contributed by atoms with E-state index in [4.69, 9.17) is 9.47 Å². The molecule has 0 aromatic heterocycles. The van der Waals surface area contributed by atoms with E-state index < -0.39 is 34.9 Å². The van der Waals surface area contributed by atoms with Gasteiger partial charge >= 0.3 is 5.97 Å². The van der Waals surface area contributed by atoms with Crippen LogP contribution in [-0.2, 0) is 19.6 Å². The number of rotatable bonds is 8. The van der Waals surface area contributed by atoms with E-state index >= 15 is 0 Å². The second kappa shape index (κ2) is 8.79. The number of Topliss-reactive ketones (excluding diaryl/α,β-unsaturated/α-hetero) is 1. The van der Waals surface area contributed by atoms with E-state index in [9.17, 15) is 18.0 Å². The van der Waals surface area contributed by atoms with Crippen molar-refractivity contribution in [1.29, 1.82) is 0 Å². The first-order chi connectivity index (χ1) is 12.7. The molecule has 0 spiro atoms. The number of methoxy groups -OCH3 is 1. The predicted octanol–water partition coefficient (Wildman–Crippen LogP) is 2.02. The first-order valence-corrected chi connectivity index (χ1v) is 9.61. The molecule has 144 valence electrons. The fourth-order valence-corrected chi connectivity index (χ4v) is 3.67. The zero-order valence-corrected chi connectivity index (χ0v) is 16.1. The highest BCUT2D eigenvalue weighted by Crippen LogP contribution is 2.18. The zero-order valence-electron chi connectivity index (χ0n) is 15.3. The zero-order chi connectivity index (χ0) is 20.0. The Morgan fingerprint density at radius 3 is 2.48 bits per heavy atom. The summed E-state index contributed by atoms with van der Waals surface area (Å²) >= 11 is 0. The van der Waals surface area contributed by atoms with E-state index in [1.165, 1.54) is 13.2 Å². The number of para-hydroxylation sites is 1. The lowest BCUT2D eigenvalue weighted by atomic mass is 10.1. The van der Waals surface area contributed by atoms with Crippen LogP contribution in [-0.4, -0.2) is 40.4 Å². The lowest BCUT2D eigenvalue weighted by Gasteiger charge is -2.10. The van der Waals surface area contributed by atoms with Crippen molar-refractivity contribution in [1.82, 2.24) is 4.72 Å². The van der Waals surface area contributed by atoms with E-state index in [-0.39, 0.29) is 10.5 Å². The minimum absolute atomic E-state index is 0.0976. The van der Waals surface area contributed by atoms with Crippen molar-refractivity contribution in [2.24, 2.45) is 0 Å². The molecule has 0 saturated heterocycles. The lowest BCUT2D eigenvalue weighted by molar-refractivity contribution is -0.141. The normalized spacial score (nSPS) is 11.1. The minimum atomic E-state index is -3.87. The van der Waals surface area contributed by atoms with Crippen LogP contribution in [0, 0.1) is 13.8 Å². The fourth-order valence-electron chi connectivity index (χ4n) is 2.38. The number of hydrogen-bond acceptors (Lipinski definition) is 6. The van der Waals surface area contributed by atoms with Crippen LogP contribution in [0.3, 0.4) is 0 Å². The topological polar surface area (TPSA) is 98.8 Å². The second-order valence-corrected chi connectivity index (χ2v) is 7.61. The highest BCUT2D eigenvalue weighted by Gasteiger charge is 2.19. The van der Waals surface area contributed by atoms with Gasteiger partial charge in [0.15, 0.2) is 6.61 Å². The third-order valence-electron chi connectivity index (χ3n) is 3.81. The molecule has 0 aliphatic rings. The van der Waals surface area contributed by atoms with Gasteiger partial charge in [0.1, 0.15) is 12.3 Å². The van der Waals surface area contributed by atoms with Gasteiger partial charge in [0.05, 0.1) is 17.6 Å². The monoisotopic (exact) mass is 391 g/mol. The number of benzene rings is 2. The molecule has 0 aliphatic carbocycles. The van der Waals surface area contributed by atoms with Crippen molar-refractivity contribution in [2.45, 2.75) is 18.7 Å². The quantitative estimate of drug-likeness (QED) is 0.546. The van der Waals surface area contributed by atoms with Gasteiger partial charge in [-0.2, -0.15) is 4.72 Å². The van der Waals surface area contributed by atoms with Crippen molar-refractivity contribution in [3.05, 3.63) is 59.2 Å². The third kappa shape index (κ3) is 5.38. The number of ketones is 1. The maximum Gasteiger partial charge on any atom is 0.321 e. The summed E-state index contributed by atoms with van der Waals surface area (Å²) in [4.78, 5) is 24.1. The number of ether oxygens (including phenoxy) is 2. The van der Waals surface area contributed by atoms with Crippen molar-refractivity contribution in [3.63, 3.8) is 0 Å². The summed E-state index contributed by atoms with van der Waals surface area (Å²) < 4.78 is 36.8. The lowest BCUT2D eigenvalue weighted by Crippen LogP contribution is -2.32. The van der Waals surface area contributed by atoms with E-state index in [1.807, 2.05) is 0 Å². The molecular formula is C19H21NO6S. The molecule has 0 radical (unpaired) electrons. The van der Waals surface area contributed by atoms with Crippen LogP contribution < -0.4 is 9.46 Å². The number of sulfonamides is 1. The van der Waals surface area contributed by atoms with Gasteiger partial charge in [-0.05, 0) is 43.2 Å². The molecule has 0 bridgehead atoms. The Morgan fingerprint density at radius 2 is 1.78 bits per heavy atom. The van der Waals surface area contributed by atoms with Crippen molar-refractivity contribution in [2.75, 3.05) is 20.3 Å². The molecule has 8 heteroatoms. The molecule has 0 aliphatic heterocycles. The summed E-state index contributed by atoms with van der Waals surface area (Å²) in [6.07, 6.45) is 0. The number of hydrogen-bond donors (Lipinski definition) is 1. The summed E-state index contributed by atoms with van der Waals surface area (Å²) in [7, 11) is -2.43. The molecule has 27 heavy (non-hydrogen) atoms. The van der Waals surface area contributed by atoms with Gasteiger partial charge in [0.25, 0.3) is 0 Å². The number of aryl methyl sites for hydroxylation is 2. The van der Waals surface area contributed by atoms with Gasteiger partial charge in [-0.1, -0.05) is 24.3 Å². The van der Waals surface area contributed by atoms with Crippen LogP contribution in [0.2, 0.25) is 0 Å². The summed E-state index contributed by atoms with van der Waals surface area (Å²) in [5.41, 5.74) is 1.63. The van der Waals surface area contributed by atoms with Gasteiger partial charge in [-0.25, -0.2) is 8.42 Å². The highest BCUT2D eigenvalue weighted by molar-refractivity contribution is 7.89. The maximum atomic E-state index is 12.4. The van der Waals surface area contributed by atoms with E-state index in [2.05, 4.69) is 4.72 Å². The summed E-state index contributed by atoms with van der Waals surface area (Å²) in [6, 6.07) is 11.6. The van der Waals surface area contributed by atoms with Crippen LogP contribution in [0.25, 0.3) is 0 Å². The van der Waals surface area contributed by atoms with E-state index in [0.29, 0.717) is 11.3 Å². The smallest absolute Gasteiger partial charge is 0.321 e. The van der Waals surface area contributed by atoms with Crippen LogP contribution in [0.4, 0.5) is 0 Å². The standard InChI is InChI=1S/C19H21NO6S/c1-13-8-9-14(2)18(10-13)27(23,24)20-11-19(22)26-12-16(21)15-6-4-5-7-17(15)25-3/h4-10,20H,11-12H2,1-3H3. The number of carbonyl (C=O) groups excluding carboxylic acids is 2. The largest absolute Gasteiger partial charge is 0.496 e. The Labute approximate surface area is 158 Å². The predicted molar refractivity (Wildman–Crippen MR) is 99.4 cm³/mol. The van der Waals surface area contributed by atoms with Crippen molar-refractivity contribution >= 4 is 21.8 Å². The molecule has 0 fully saturated rings. The van der Waals surface area contributed by atoms with Gasteiger partial charge < -0.3 is 9.47 Å². The molecule has 0 heterocycles. The molecule has 0 unspecified atom stereocenters. The second-order valence-electron chi connectivity index (χ2n) is 5.88. The number of nitrogens with one attached hydrogen (secondary N) is 1. The molecule has 2 aromatic carbocycles. The fraction of sp³-hybridized carbons (Fsp3) is 0.263. The first kappa shape index (κ1) is 20.6. The van der Waals surface area contributed by atoms with Crippen LogP contribution in [0.15, 0.2) is 47.4 Å². The number of carbonyl (C=O) groups is 2. The first-order valence-electron chi connectivity index (χ1n) is 8.13. The van der Waals surface area contributed by atoms with Crippen LogP contribution in [0.1, 0.15) is 21.5 Å². The Hall–Kier alpha value is -2.71.